The number of piperidine rings is 1. The molecule has 1 N–H and O–H groups in total. The molecule has 0 aliphatic carbocycles. The molecule has 1 amide bonds. The Morgan fingerprint density at radius 3 is 2.11 bits per heavy atom. The first-order valence-corrected chi connectivity index (χ1v) is 7.24. The van der Waals surface area contributed by atoms with Crippen molar-refractivity contribution in [1.29, 1.82) is 0 Å². The van der Waals surface area contributed by atoms with Gasteiger partial charge < -0.3 is 10.0 Å². The number of carboxylic acid groups (broad SMARTS) is 1. The van der Waals surface area contributed by atoms with Crippen molar-refractivity contribution in [2.45, 2.75) is 72.4 Å². The van der Waals surface area contributed by atoms with E-state index in [0.717, 1.165) is 19.3 Å². The van der Waals surface area contributed by atoms with Gasteiger partial charge >= 0.3 is 5.97 Å². The average molecular weight is 269 g/mol. The molecule has 4 nitrogen and oxygen atoms in total. The number of carbonyl (C=O) groups is 2. The monoisotopic (exact) mass is 269 g/mol. The van der Waals surface area contributed by atoms with Gasteiger partial charge in [0.25, 0.3) is 0 Å². The number of hydrogen-bond donors (Lipinski definition) is 1. The zero-order valence-corrected chi connectivity index (χ0v) is 12.8. The highest BCUT2D eigenvalue weighted by atomic mass is 16.4. The SMILES string of the molecule is CC1CCCC(C)N1C(=O)CC(C)(C(=O)O)C(C)C. The molecule has 1 rings (SSSR count). The quantitative estimate of drug-likeness (QED) is 0.853. The van der Waals surface area contributed by atoms with Crippen molar-refractivity contribution in [3.8, 4) is 0 Å². The molecular formula is C15H27NO3. The van der Waals surface area contributed by atoms with E-state index in [1.807, 2.05) is 18.7 Å². The summed E-state index contributed by atoms with van der Waals surface area (Å²) in [4.78, 5) is 25.9. The molecule has 1 heterocycles. The van der Waals surface area contributed by atoms with Crippen LogP contribution in [-0.4, -0.2) is 34.0 Å². The Hall–Kier alpha value is -1.06. The van der Waals surface area contributed by atoms with E-state index in [1.54, 1.807) is 6.92 Å². The fraction of sp³-hybridized carbons (Fsp3) is 0.867. The molecule has 1 saturated heterocycles. The molecule has 4 heteroatoms. The van der Waals surface area contributed by atoms with E-state index in [2.05, 4.69) is 13.8 Å². The molecule has 0 radical (unpaired) electrons. The zero-order valence-electron chi connectivity index (χ0n) is 12.8. The van der Waals surface area contributed by atoms with Crippen LogP contribution in [0.2, 0.25) is 0 Å². The predicted octanol–water partition coefficient (Wildman–Crippen LogP) is 2.91. The largest absolute Gasteiger partial charge is 0.481 e. The van der Waals surface area contributed by atoms with E-state index in [-0.39, 0.29) is 30.3 Å². The van der Waals surface area contributed by atoms with Crippen molar-refractivity contribution in [2.75, 3.05) is 0 Å². The molecule has 1 aliphatic rings. The highest BCUT2D eigenvalue weighted by Crippen LogP contribution is 2.34. The van der Waals surface area contributed by atoms with Crippen LogP contribution in [0.1, 0.15) is 60.3 Å². The summed E-state index contributed by atoms with van der Waals surface area (Å²) in [5, 5.41) is 9.41. The van der Waals surface area contributed by atoms with Crippen molar-refractivity contribution < 1.29 is 14.7 Å². The van der Waals surface area contributed by atoms with Gasteiger partial charge in [-0.05, 0) is 46.0 Å². The topological polar surface area (TPSA) is 57.6 Å². The van der Waals surface area contributed by atoms with E-state index in [0.29, 0.717) is 0 Å². The van der Waals surface area contributed by atoms with E-state index < -0.39 is 11.4 Å². The van der Waals surface area contributed by atoms with E-state index >= 15 is 0 Å². The summed E-state index contributed by atoms with van der Waals surface area (Å²) >= 11 is 0. The second-order valence-electron chi connectivity index (χ2n) is 6.48. The van der Waals surface area contributed by atoms with Crippen LogP contribution >= 0.6 is 0 Å². The van der Waals surface area contributed by atoms with Crippen molar-refractivity contribution in [3.05, 3.63) is 0 Å². The van der Waals surface area contributed by atoms with Crippen molar-refractivity contribution in [2.24, 2.45) is 11.3 Å². The predicted molar refractivity (Wildman–Crippen MR) is 74.8 cm³/mol. The minimum absolute atomic E-state index is 0.0155. The maximum Gasteiger partial charge on any atom is 0.310 e. The molecule has 3 unspecified atom stereocenters. The minimum atomic E-state index is -0.978. The van der Waals surface area contributed by atoms with Gasteiger partial charge in [-0.15, -0.1) is 0 Å². The highest BCUT2D eigenvalue weighted by molar-refractivity contribution is 5.85. The van der Waals surface area contributed by atoms with E-state index in [4.69, 9.17) is 0 Å². The number of nitrogens with zero attached hydrogens (tertiary/aromatic N) is 1. The Morgan fingerprint density at radius 2 is 1.74 bits per heavy atom. The lowest BCUT2D eigenvalue weighted by Crippen LogP contribution is -2.50. The molecule has 1 fully saturated rings. The van der Waals surface area contributed by atoms with Crippen LogP contribution in [0, 0.1) is 11.3 Å². The standard InChI is InChI=1S/C15H27NO3/c1-10(2)15(5,14(18)19)9-13(17)16-11(3)7-6-8-12(16)4/h10-12H,6-9H2,1-5H3,(H,18,19). The van der Waals surface area contributed by atoms with Crippen LogP contribution in [0.25, 0.3) is 0 Å². The first-order valence-electron chi connectivity index (χ1n) is 7.24. The Kier molecular flexibility index (Phi) is 4.99. The summed E-state index contributed by atoms with van der Waals surface area (Å²) in [7, 11) is 0. The minimum Gasteiger partial charge on any atom is -0.481 e. The maximum absolute atomic E-state index is 12.5. The van der Waals surface area contributed by atoms with Gasteiger partial charge in [-0.3, -0.25) is 9.59 Å². The molecule has 1 aliphatic heterocycles. The number of amides is 1. The molecule has 0 aromatic heterocycles. The number of carbonyl (C=O) groups excluding carboxylic acids is 1. The number of aliphatic carboxylic acids is 1. The van der Waals surface area contributed by atoms with Gasteiger partial charge in [0.05, 0.1) is 5.41 Å². The van der Waals surface area contributed by atoms with Gasteiger partial charge in [-0.2, -0.15) is 0 Å². The van der Waals surface area contributed by atoms with Gasteiger partial charge in [0, 0.05) is 18.5 Å². The van der Waals surface area contributed by atoms with Gasteiger partial charge in [0.2, 0.25) is 5.91 Å². The number of rotatable bonds is 4. The van der Waals surface area contributed by atoms with Crippen molar-refractivity contribution in [1.82, 2.24) is 4.90 Å². The second-order valence-corrected chi connectivity index (χ2v) is 6.48. The Labute approximate surface area is 116 Å². The van der Waals surface area contributed by atoms with Crippen molar-refractivity contribution in [3.63, 3.8) is 0 Å². The van der Waals surface area contributed by atoms with Crippen LogP contribution in [0.15, 0.2) is 0 Å². The third-order valence-corrected chi connectivity index (χ3v) is 4.76. The van der Waals surface area contributed by atoms with E-state index in [9.17, 15) is 14.7 Å². The van der Waals surface area contributed by atoms with Crippen molar-refractivity contribution >= 4 is 11.9 Å². The summed E-state index contributed by atoms with van der Waals surface area (Å²) in [6.07, 6.45) is 3.27. The smallest absolute Gasteiger partial charge is 0.310 e. The maximum atomic E-state index is 12.5. The Bertz CT molecular complexity index is 343. The Morgan fingerprint density at radius 1 is 1.26 bits per heavy atom. The third kappa shape index (κ3) is 3.28. The number of hydrogen-bond acceptors (Lipinski definition) is 2. The summed E-state index contributed by atoms with van der Waals surface area (Å²) in [6.45, 7) is 9.52. The van der Waals surface area contributed by atoms with Gasteiger partial charge in [0.1, 0.15) is 0 Å². The van der Waals surface area contributed by atoms with Gasteiger partial charge in [-0.25, -0.2) is 0 Å². The number of carboxylic acids is 1. The van der Waals surface area contributed by atoms with Crippen LogP contribution < -0.4 is 0 Å². The first-order chi connectivity index (χ1) is 8.70. The van der Waals surface area contributed by atoms with Gasteiger partial charge in [-0.1, -0.05) is 13.8 Å². The number of likely N-dealkylation sites (tertiary alicyclic amines) is 1. The van der Waals surface area contributed by atoms with Crippen LogP contribution in [-0.2, 0) is 9.59 Å². The fourth-order valence-corrected chi connectivity index (χ4v) is 2.85. The third-order valence-electron chi connectivity index (χ3n) is 4.76. The average Bonchev–Trinajstić information content (AvgIpc) is 2.27. The second kappa shape index (κ2) is 5.93. The molecule has 110 valence electrons. The molecule has 19 heavy (non-hydrogen) atoms. The summed E-state index contributed by atoms with van der Waals surface area (Å²) in [6, 6.07) is 0.447. The lowest BCUT2D eigenvalue weighted by Gasteiger charge is -2.41. The molecule has 0 aromatic rings. The molecular weight excluding hydrogens is 242 g/mol. The molecule has 0 aromatic carbocycles. The zero-order chi connectivity index (χ0) is 14.8. The fourth-order valence-electron chi connectivity index (χ4n) is 2.85. The summed E-state index contributed by atoms with van der Waals surface area (Å²) in [5.74, 6) is -0.962. The Balaban J connectivity index is 2.85. The van der Waals surface area contributed by atoms with Crippen LogP contribution in [0.3, 0.4) is 0 Å². The molecule has 0 saturated carbocycles. The highest BCUT2D eigenvalue weighted by Gasteiger charge is 2.41. The first kappa shape index (κ1) is 16.0. The van der Waals surface area contributed by atoms with Crippen LogP contribution in [0.4, 0.5) is 0 Å². The summed E-state index contributed by atoms with van der Waals surface area (Å²) in [5.41, 5.74) is -0.978. The molecule has 0 spiro atoms. The molecule has 3 atom stereocenters. The van der Waals surface area contributed by atoms with E-state index in [1.165, 1.54) is 0 Å². The molecule has 0 bridgehead atoms. The normalized spacial score (nSPS) is 27.2. The van der Waals surface area contributed by atoms with Gasteiger partial charge in [0.15, 0.2) is 0 Å². The lowest BCUT2D eigenvalue weighted by atomic mass is 9.75. The van der Waals surface area contributed by atoms with Crippen LogP contribution in [0.5, 0.6) is 0 Å². The lowest BCUT2D eigenvalue weighted by molar-refractivity contribution is -0.157. The summed E-state index contributed by atoms with van der Waals surface area (Å²) < 4.78 is 0.